The number of H-pyrrole nitrogens is 1. The van der Waals surface area contributed by atoms with E-state index in [-0.39, 0.29) is 47.8 Å². The van der Waals surface area contributed by atoms with Crippen molar-refractivity contribution in [3.05, 3.63) is 106 Å². The van der Waals surface area contributed by atoms with Crippen molar-refractivity contribution in [2.75, 3.05) is 55.5 Å². The van der Waals surface area contributed by atoms with Gasteiger partial charge >= 0.3 is 5.69 Å². The molecule has 4 aliphatic rings. The average Bonchev–Trinajstić information content (AvgIpc) is 3.97. The molecule has 9 rings (SSSR count). The molecule has 67 heavy (non-hydrogen) atoms. The number of ether oxygens (including phenoxy) is 2. The minimum Gasteiger partial charge on any atom is -0.455 e. The Morgan fingerprint density at radius 3 is 2.54 bits per heavy atom. The Balaban J connectivity index is 0.882. The van der Waals surface area contributed by atoms with Crippen LogP contribution >= 0.6 is 0 Å². The number of fused-ring (bicyclic) bond motifs is 1. The van der Waals surface area contributed by atoms with E-state index in [1.165, 1.54) is 43.0 Å². The van der Waals surface area contributed by atoms with Crippen LogP contribution in [-0.4, -0.2) is 107 Å². The van der Waals surface area contributed by atoms with E-state index in [0.717, 1.165) is 55.8 Å². The third kappa shape index (κ3) is 10.3. The molecule has 356 valence electrons. The summed E-state index contributed by atoms with van der Waals surface area (Å²) < 4.78 is 58.1. The molecule has 3 saturated heterocycles. The van der Waals surface area contributed by atoms with Crippen molar-refractivity contribution in [2.45, 2.75) is 100 Å². The second kappa shape index (κ2) is 18.8. The minimum absolute atomic E-state index is 0.0560. The average molecular weight is 954 g/mol. The number of likely N-dealkylation sites (tertiary alicyclic amines) is 1. The topological polar surface area (TPSA) is 214 Å². The van der Waals surface area contributed by atoms with Crippen LogP contribution in [0.4, 0.5) is 17.2 Å². The fraction of sp³-hybridized carbons (Fsp3) is 0.479. The molecule has 3 atom stereocenters. The van der Waals surface area contributed by atoms with E-state index >= 15 is 0 Å². The Bertz CT molecular complexity index is 2880. The molecule has 19 heteroatoms. The number of piperidine rings is 1. The Kier molecular flexibility index (Phi) is 13.0. The molecule has 4 fully saturated rings. The van der Waals surface area contributed by atoms with Gasteiger partial charge in [-0.25, -0.2) is 27.5 Å². The first-order chi connectivity index (χ1) is 32.0. The standard InChI is InChI=1S/C48H59N9O8S2/c1-31(2)39-8-5-6-9-40(39)42-10-7-19-56(42)35-25-48(26-35)16-20-55(21-17-48)34-12-14-41(44(23-34)65-37-22-32-15-18-49-45(32)50-28-37)47(58)54-67(62,63)38-24-43(57(59)60)46(52-29-38)51-27-36-13-11-33(30-64-36)53-66(3,4)61/h5-6,8-9,12,14-15,18,22-24,28-29,31,33,35-36,42H,7,10-11,13,16-17,19-21,25-27,30H2,1-4H3,(H,49,50)(H,51,52)(H,54,58)/t33?,36-,42+/m0/s1. The maximum Gasteiger partial charge on any atom is 0.312 e. The van der Waals surface area contributed by atoms with Crippen LogP contribution in [0, 0.1) is 15.5 Å². The van der Waals surface area contributed by atoms with Crippen LogP contribution in [0.15, 0.2) is 88.5 Å². The lowest BCUT2D eigenvalue weighted by Gasteiger charge is -2.56. The van der Waals surface area contributed by atoms with Gasteiger partial charge in [0.15, 0.2) is 0 Å². The predicted octanol–water partition coefficient (Wildman–Crippen LogP) is 8.17. The molecule has 0 bridgehead atoms. The number of aromatic amines is 1. The van der Waals surface area contributed by atoms with E-state index in [0.29, 0.717) is 42.2 Å². The van der Waals surface area contributed by atoms with Crippen molar-refractivity contribution < 1.29 is 31.8 Å². The van der Waals surface area contributed by atoms with E-state index < -0.39 is 41.2 Å². The number of amides is 1. The predicted molar refractivity (Wildman–Crippen MR) is 258 cm³/mol. The number of carbonyl (C=O) groups is 1. The van der Waals surface area contributed by atoms with Gasteiger partial charge in [-0.3, -0.25) is 24.0 Å². The van der Waals surface area contributed by atoms with E-state index in [4.69, 9.17) is 9.47 Å². The van der Waals surface area contributed by atoms with Gasteiger partial charge in [0.25, 0.3) is 15.9 Å². The molecular formula is C48H59N9O8S2. The van der Waals surface area contributed by atoms with Crippen molar-refractivity contribution in [1.82, 2.24) is 24.6 Å². The normalized spacial score (nSPS) is 21.3. The van der Waals surface area contributed by atoms with Gasteiger partial charge in [0.05, 0.1) is 41.6 Å². The quantitative estimate of drug-likeness (QED) is 0.0708. The zero-order valence-electron chi connectivity index (χ0n) is 38.4. The summed E-state index contributed by atoms with van der Waals surface area (Å²) in [5.41, 5.74) is 4.08. The lowest BCUT2D eigenvalue weighted by molar-refractivity contribution is -0.384. The smallest absolute Gasteiger partial charge is 0.312 e. The number of rotatable bonds is 14. The zero-order chi connectivity index (χ0) is 47.1. The third-order valence-electron chi connectivity index (χ3n) is 13.9. The third-order valence-corrected chi connectivity index (χ3v) is 16.0. The monoisotopic (exact) mass is 953 g/mol. The molecule has 1 spiro atoms. The summed E-state index contributed by atoms with van der Waals surface area (Å²) in [4.78, 5) is 41.5. The summed E-state index contributed by atoms with van der Waals surface area (Å²) >= 11 is 0. The number of nitrogens with one attached hydrogen (secondary N) is 3. The van der Waals surface area contributed by atoms with Gasteiger partial charge in [0, 0.05) is 83.4 Å². The second-order valence-electron chi connectivity index (χ2n) is 19.2. The van der Waals surface area contributed by atoms with Gasteiger partial charge in [-0.1, -0.05) is 38.1 Å². The lowest BCUT2D eigenvalue weighted by atomic mass is 9.59. The molecule has 5 aromatic rings. The minimum atomic E-state index is -4.66. The number of nitrogens with zero attached hydrogens (tertiary/aromatic N) is 6. The van der Waals surface area contributed by atoms with Gasteiger partial charge in [-0.05, 0) is 105 Å². The van der Waals surface area contributed by atoms with E-state index in [2.05, 4.69) is 77.3 Å². The number of nitro groups is 1. The fourth-order valence-electron chi connectivity index (χ4n) is 10.5. The van der Waals surface area contributed by atoms with Crippen LogP contribution < -0.4 is 19.7 Å². The van der Waals surface area contributed by atoms with Crippen LogP contribution in [0.2, 0.25) is 0 Å². The van der Waals surface area contributed by atoms with Crippen molar-refractivity contribution >= 4 is 53.9 Å². The van der Waals surface area contributed by atoms with Crippen molar-refractivity contribution in [1.29, 1.82) is 0 Å². The van der Waals surface area contributed by atoms with Crippen molar-refractivity contribution in [2.24, 2.45) is 9.78 Å². The Labute approximate surface area is 391 Å². The van der Waals surface area contributed by atoms with Gasteiger partial charge < -0.3 is 24.7 Å². The Morgan fingerprint density at radius 1 is 1.01 bits per heavy atom. The number of pyridine rings is 2. The molecule has 3 N–H and O–H groups in total. The van der Waals surface area contributed by atoms with Crippen LogP contribution in [0.25, 0.3) is 11.0 Å². The number of hydrogen-bond acceptors (Lipinski definition) is 14. The highest BCUT2D eigenvalue weighted by molar-refractivity contribution is 7.92. The van der Waals surface area contributed by atoms with Crippen LogP contribution in [0.1, 0.15) is 98.7 Å². The molecule has 1 unspecified atom stereocenters. The SMILES string of the molecule is CC(C)c1ccccc1[C@H]1CCCN1C1CC2(CCN(c3ccc(C(=O)NS(=O)(=O)c4cnc(NC[C@@H]5CCC(N=S(C)(C)=O)CO5)c([N+](=O)[O-])c4)c(Oc4cnc5[nH]ccc5c4)c3)CC2)C1. The summed E-state index contributed by atoms with van der Waals surface area (Å²) in [6, 6.07) is 19.4. The summed E-state index contributed by atoms with van der Waals surface area (Å²) in [6.07, 6.45) is 15.1. The Morgan fingerprint density at radius 2 is 1.81 bits per heavy atom. The van der Waals surface area contributed by atoms with Crippen LogP contribution in [0.5, 0.6) is 11.5 Å². The highest BCUT2D eigenvalue weighted by Gasteiger charge is 2.50. The van der Waals surface area contributed by atoms with Gasteiger partial charge in [0.1, 0.15) is 22.0 Å². The Hall–Kier alpha value is -5.63. The fourth-order valence-corrected chi connectivity index (χ4v) is 12.3. The number of sulfonamides is 1. The van der Waals surface area contributed by atoms with E-state index in [9.17, 15) is 27.5 Å². The number of benzene rings is 2. The molecule has 3 aliphatic heterocycles. The summed E-state index contributed by atoms with van der Waals surface area (Å²) in [6.45, 7) is 7.78. The maximum atomic E-state index is 14.0. The first kappa shape index (κ1) is 46.5. The molecule has 1 saturated carbocycles. The molecule has 2 aromatic carbocycles. The highest BCUT2D eigenvalue weighted by atomic mass is 32.2. The summed E-state index contributed by atoms with van der Waals surface area (Å²) in [5.74, 6) is -0.185. The molecule has 6 heterocycles. The molecule has 17 nitrogen and oxygen atoms in total. The van der Waals surface area contributed by atoms with E-state index in [1.54, 1.807) is 43.0 Å². The lowest BCUT2D eigenvalue weighted by Crippen LogP contribution is -2.54. The van der Waals surface area contributed by atoms with Gasteiger partial charge in [-0.2, -0.15) is 0 Å². The maximum absolute atomic E-state index is 14.0. The van der Waals surface area contributed by atoms with Crippen molar-refractivity contribution in [3.8, 4) is 11.5 Å². The number of anilines is 2. The van der Waals surface area contributed by atoms with Crippen molar-refractivity contribution in [3.63, 3.8) is 0 Å². The van der Waals surface area contributed by atoms with Crippen LogP contribution in [0.3, 0.4) is 0 Å². The first-order valence-electron chi connectivity index (χ1n) is 23.1. The van der Waals surface area contributed by atoms with E-state index in [1.807, 2.05) is 6.07 Å². The number of aromatic nitrogens is 3. The highest BCUT2D eigenvalue weighted by Crippen LogP contribution is 2.54. The molecule has 1 amide bonds. The van der Waals surface area contributed by atoms with Gasteiger partial charge in [0.2, 0.25) is 5.82 Å². The molecule has 0 radical (unpaired) electrons. The molecule has 3 aromatic heterocycles. The number of hydrogen-bond donors (Lipinski definition) is 3. The second-order valence-corrected chi connectivity index (χ2v) is 23.4. The largest absolute Gasteiger partial charge is 0.455 e. The zero-order valence-corrected chi connectivity index (χ0v) is 40.0. The van der Waals surface area contributed by atoms with Crippen LogP contribution in [-0.2, 0) is 24.5 Å². The molecule has 1 aliphatic carbocycles. The summed E-state index contributed by atoms with van der Waals surface area (Å²) in [5, 5.41) is 15.9. The van der Waals surface area contributed by atoms with Gasteiger partial charge in [-0.15, -0.1) is 0 Å². The first-order valence-corrected chi connectivity index (χ1v) is 26.9. The summed E-state index contributed by atoms with van der Waals surface area (Å²) in [7, 11) is -6.95. The molecular weight excluding hydrogens is 895 g/mol. The number of carbonyl (C=O) groups excluding carboxylic acids is 1.